The molecule has 0 aliphatic heterocycles. The smallest absolute Gasteiger partial charge is 0.173 e. The lowest BCUT2D eigenvalue weighted by Crippen LogP contribution is -2.05. The topological polar surface area (TPSA) is 58.9 Å². The predicted octanol–water partition coefficient (Wildman–Crippen LogP) is 6.28. The Balaban J connectivity index is 1.64. The highest BCUT2D eigenvalue weighted by Crippen LogP contribution is 2.42. The van der Waals surface area contributed by atoms with Crippen LogP contribution in [0.15, 0.2) is 72.8 Å². The summed E-state index contributed by atoms with van der Waals surface area (Å²) < 4.78 is 5.95. The molecular formula is C28H26O4. The van der Waals surface area contributed by atoms with Crippen molar-refractivity contribution >= 4 is 10.8 Å². The Morgan fingerprint density at radius 1 is 0.688 bits per heavy atom. The van der Waals surface area contributed by atoms with Gasteiger partial charge in [0.1, 0.15) is 12.4 Å². The van der Waals surface area contributed by atoms with Crippen LogP contribution < -0.4 is 9.62 Å². The van der Waals surface area contributed by atoms with E-state index in [2.05, 4.69) is 42.5 Å². The number of aryl methyl sites for hydroxylation is 2. The molecule has 0 unspecified atom stereocenters. The molecule has 162 valence electrons. The van der Waals surface area contributed by atoms with Crippen LogP contribution in [0.1, 0.15) is 24.0 Å². The van der Waals surface area contributed by atoms with E-state index in [1.807, 2.05) is 30.3 Å². The second-order valence-corrected chi connectivity index (χ2v) is 8.26. The third-order valence-corrected chi connectivity index (χ3v) is 6.25. The summed E-state index contributed by atoms with van der Waals surface area (Å²) in [5, 5.41) is 21.4. The van der Waals surface area contributed by atoms with E-state index in [0.29, 0.717) is 11.5 Å². The van der Waals surface area contributed by atoms with Gasteiger partial charge in [-0.05, 0) is 76.9 Å². The van der Waals surface area contributed by atoms with Gasteiger partial charge in [-0.1, -0.05) is 54.6 Å². The maximum Gasteiger partial charge on any atom is 0.173 e. The molecule has 1 aliphatic rings. The fourth-order valence-electron chi connectivity index (χ4n) is 4.62. The van der Waals surface area contributed by atoms with Crippen LogP contribution in [0.4, 0.5) is 0 Å². The molecule has 0 heterocycles. The molecule has 0 aromatic heterocycles. The zero-order valence-electron chi connectivity index (χ0n) is 17.9. The molecule has 0 radical (unpaired) electrons. The molecule has 2 N–H and O–H groups in total. The molecule has 5 rings (SSSR count). The Morgan fingerprint density at radius 3 is 2.19 bits per heavy atom. The van der Waals surface area contributed by atoms with Gasteiger partial charge in [0.05, 0.1) is 6.61 Å². The Bertz CT molecular complexity index is 1260. The Hall–Kier alpha value is -3.34. The first kappa shape index (κ1) is 20.6. The maximum atomic E-state index is 9.74. The largest absolute Gasteiger partial charge is 0.491 e. The van der Waals surface area contributed by atoms with Crippen molar-refractivity contribution in [1.29, 1.82) is 0 Å². The average molecular weight is 427 g/mol. The summed E-state index contributed by atoms with van der Waals surface area (Å²) in [4.78, 5) is 4.84. The van der Waals surface area contributed by atoms with Crippen molar-refractivity contribution in [1.82, 2.24) is 0 Å². The van der Waals surface area contributed by atoms with E-state index in [1.165, 1.54) is 24.0 Å². The van der Waals surface area contributed by atoms with Crippen LogP contribution in [-0.4, -0.2) is 23.6 Å². The van der Waals surface area contributed by atoms with Crippen molar-refractivity contribution in [2.75, 3.05) is 13.2 Å². The third kappa shape index (κ3) is 3.95. The minimum atomic E-state index is -0.0762. The number of aliphatic hydroxyl groups is 1. The first-order chi connectivity index (χ1) is 15.8. The second kappa shape index (κ2) is 9.03. The highest BCUT2D eigenvalue weighted by atomic mass is 17.1. The van der Waals surface area contributed by atoms with Crippen molar-refractivity contribution in [2.24, 2.45) is 0 Å². The third-order valence-electron chi connectivity index (χ3n) is 6.25. The van der Waals surface area contributed by atoms with Crippen LogP contribution in [0, 0.1) is 0 Å². The van der Waals surface area contributed by atoms with E-state index in [0.717, 1.165) is 45.9 Å². The average Bonchev–Trinajstić information content (AvgIpc) is 2.86. The highest BCUT2D eigenvalue weighted by molar-refractivity contribution is 5.90. The Labute approximate surface area is 187 Å². The maximum absolute atomic E-state index is 9.74. The molecule has 4 aromatic rings. The van der Waals surface area contributed by atoms with E-state index in [4.69, 9.17) is 9.62 Å². The van der Waals surface area contributed by atoms with Gasteiger partial charge in [-0.2, -0.15) is 0 Å². The molecule has 4 nitrogen and oxygen atoms in total. The van der Waals surface area contributed by atoms with Gasteiger partial charge in [0.15, 0.2) is 5.75 Å². The molecule has 0 saturated carbocycles. The normalized spacial score (nSPS) is 13.1. The van der Waals surface area contributed by atoms with E-state index in [-0.39, 0.29) is 13.2 Å². The summed E-state index contributed by atoms with van der Waals surface area (Å²) in [5.74, 6) is 1.02. The lowest BCUT2D eigenvalue weighted by atomic mass is 9.88. The molecule has 0 spiro atoms. The van der Waals surface area contributed by atoms with Gasteiger partial charge < -0.3 is 14.7 Å². The number of hydrogen-bond donors (Lipinski definition) is 2. The standard InChI is InChI=1S/C28H26O4/c29-13-14-31-27-17-26(24-12-10-20-6-2-4-8-22(20)16-24)28(32-30)18-25(27)23-11-9-19-5-1-3-7-21(19)15-23/h2,4,6,8-12,15-18,29-30H,1,3,5,7,13-14H2. The molecule has 0 bridgehead atoms. The molecule has 32 heavy (non-hydrogen) atoms. The van der Waals surface area contributed by atoms with Gasteiger partial charge in [-0.3, -0.25) is 0 Å². The van der Waals surface area contributed by atoms with Gasteiger partial charge in [0.25, 0.3) is 0 Å². The van der Waals surface area contributed by atoms with Gasteiger partial charge in [-0.25, -0.2) is 5.26 Å². The quantitative estimate of drug-likeness (QED) is 0.282. The van der Waals surface area contributed by atoms with Crippen molar-refractivity contribution in [3.05, 3.63) is 83.9 Å². The Kier molecular flexibility index (Phi) is 5.80. The molecule has 4 aromatic carbocycles. The lowest BCUT2D eigenvalue weighted by Gasteiger charge is -2.19. The number of hydrogen-bond acceptors (Lipinski definition) is 4. The molecule has 1 aliphatic carbocycles. The van der Waals surface area contributed by atoms with Crippen molar-refractivity contribution in [2.45, 2.75) is 25.7 Å². The fraction of sp³-hybridized carbons (Fsp3) is 0.214. The number of aliphatic hydroxyl groups excluding tert-OH is 1. The fourth-order valence-corrected chi connectivity index (χ4v) is 4.62. The van der Waals surface area contributed by atoms with E-state index in [9.17, 15) is 10.4 Å². The van der Waals surface area contributed by atoms with Crippen LogP contribution in [0.3, 0.4) is 0 Å². The Morgan fingerprint density at radius 2 is 1.38 bits per heavy atom. The zero-order valence-corrected chi connectivity index (χ0v) is 17.9. The van der Waals surface area contributed by atoms with E-state index < -0.39 is 0 Å². The van der Waals surface area contributed by atoms with Crippen LogP contribution >= 0.6 is 0 Å². The molecule has 0 saturated heterocycles. The first-order valence-corrected chi connectivity index (χ1v) is 11.1. The zero-order chi connectivity index (χ0) is 21.9. The minimum Gasteiger partial charge on any atom is -0.491 e. The van der Waals surface area contributed by atoms with Gasteiger partial charge in [-0.15, -0.1) is 0 Å². The van der Waals surface area contributed by atoms with Crippen LogP contribution in [0.5, 0.6) is 11.5 Å². The molecule has 0 atom stereocenters. The second-order valence-electron chi connectivity index (χ2n) is 8.26. The monoisotopic (exact) mass is 426 g/mol. The van der Waals surface area contributed by atoms with Gasteiger partial charge in [0.2, 0.25) is 0 Å². The highest BCUT2D eigenvalue weighted by Gasteiger charge is 2.18. The lowest BCUT2D eigenvalue weighted by molar-refractivity contribution is -0.137. The number of benzene rings is 4. The number of fused-ring (bicyclic) bond motifs is 2. The van der Waals surface area contributed by atoms with Crippen molar-refractivity contribution < 1.29 is 20.0 Å². The van der Waals surface area contributed by atoms with Crippen LogP contribution in [0.2, 0.25) is 0 Å². The molecular weight excluding hydrogens is 400 g/mol. The van der Waals surface area contributed by atoms with E-state index in [1.54, 1.807) is 0 Å². The first-order valence-electron chi connectivity index (χ1n) is 11.1. The SMILES string of the molecule is OCCOc1cc(-c2ccc3ccccc3c2)c(OO)cc1-c1ccc2c(c1)CCCC2. The summed E-state index contributed by atoms with van der Waals surface area (Å²) in [5.41, 5.74) is 6.27. The van der Waals surface area contributed by atoms with Gasteiger partial charge >= 0.3 is 0 Å². The van der Waals surface area contributed by atoms with Gasteiger partial charge in [0, 0.05) is 11.1 Å². The van der Waals surface area contributed by atoms with Crippen LogP contribution in [0.25, 0.3) is 33.0 Å². The summed E-state index contributed by atoms with van der Waals surface area (Å²) in [6.07, 6.45) is 4.64. The summed E-state index contributed by atoms with van der Waals surface area (Å²) >= 11 is 0. The summed E-state index contributed by atoms with van der Waals surface area (Å²) in [6.45, 7) is 0.113. The predicted molar refractivity (Wildman–Crippen MR) is 127 cm³/mol. The minimum absolute atomic E-state index is 0.0762. The van der Waals surface area contributed by atoms with E-state index >= 15 is 0 Å². The molecule has 4 heteroatoms. The number of ether oxygens (including phenoxy) is 1. The molecule has 0 amide bonds. The van der Waals surface area contributed by atoms with Crippen molar-refractivity contribution in [3.8, 4) is 33.8 Å². The van der Waals surface area contributed by atoms with Crippen molar-refractivity contribution in [3.63, 3.8) is 0 Å². The summed E-state index contributed by atoms with van der Waals surface area (Å²) in [7, 11) is 0. The summed E-state index contributed by atoms with van der Waals surface area (Å²) in [6, 6.07) is 24.5. The molecule has 0 fully saturated rings. The number of rotatable bonds is 6. The van der Waals surface area contributed by atoms with Crippen LogP contribution in [-0.2, 0) is 12.8 Å².